The molecular formula is C19H20N4O2. The Morgan fingerprint density at radius 2 is 2.16 bits per heavy atom. The smallest absolute Gasteiger partial charge is 0.224 e. The van der Waals surface area contributed by atoms with Crippen LogP contribution in [0.3, 0.4) is 0 Å². The molecule has 2 heterocycles. The van der Waals surface area contributed by atoms with E-state index >= 15 is 0 Å². The van der Waals surface area contributed by atoms with Gasteiger partial charge >= 0.3 is 0 Å². The second-order valence-corrected chi connectivity index (χ2v) is 5.99. The Bertz CT molecular complexity index is 755. The van der Waals surface area contributed by atoms with Gasteiger partial charge in [-0.15, -0.1) is 0 Å². The lowest BCUT2D eigenvalue weighted by Crippen LogP contribution is -2.37. The number of hydrogen-bond acceptors (Lipinski definition) is 5. The van der Waals surface area contributed by atoms with Crippen LogP contribution in [0.15, 0.2) is 48.8 Å². The van der Waals surface area contributed by atoms with Gasteiger partial charge in [0.1, 0.15) is 12.4 Å². The quantitative estimate of drug-likeness (QED) is 0.815. The summed E-state index contributed by atoms with van der Waals surface area (Å²) in [6.45, 7) is 1.11. The first kappa shape index (κ1) is 16.9. The number of ether oxygens (including phenoxy) is 1. The average molecular weight is 336 g/mol. The maximum absolute atomic E-state index is 12.1. The summed E-state index contributed by atoms with van der Waals surface area (Å²) in [5, 5.41) is 12.2. The van der Waals surface area contributed by atoms with Gasteiger partial charge in [0, 0.05) is 38.4 Å². The van der Waals surface area contributed by atoms with Gasteiger partial charge in [0.25, 0.3) is 0 Å². The molecule has 2 atom stereocenters. The van der Waals surface area contributed by atoms with E-state index in [4.69, 9.17) is 10.00 Å². The van der Waals surface area contributed by atoms with E-state index in [1.165, 1.54) is 0 Å². The van der Waals surface area contributed by atoms with E-state index in [9.17, 15) is 4.79 Å². The van der Waals surface area contributed by atoms with Crippen molar-refractivity contribution in [2.24, 2.45) is 0 Å². The number of hydrogen-bond donors (Lipinski definition) is 1. The normalized spacial score (nSPS) is 19.7. The van der Waals surface area contributed by atoms with Crippen LogP contribution < -0.4 is 10.1 Å². The molecule has 6 nitrogen and oxygen atoms in total. The lowest BCUT2D eigenvalue weighted by atomic mass is 10.0. The first-order valence-electron chi connectivity index (χ1n) is 8.21. The van der Waals surface area contributed by atoms with E-state index in [0.29, 0.717) is 25.1 Å². The van der Waals surface area contributed by atoms with Crippen molar-refractivity contribution in [3.63, 3.8) is 0 Å². The fourth-order valence-corrected chi connectivity index (χ4v) is 3.10. The molecule has 1 amide bonds. The van der Waals surface area contributed by atoms with Crippen LogP contribution in [0.4, 0.5) is 0 Å². The highest BCUT2D eigenvalue weighted by molar-refractivity contribution is 5.80. The van der Waals surface area contributed by atoms with Gasteiger partial charge in [-0.25, -0.2) is 0 Å². The molecule has 1 N–H and O–H groups in total. The molecule has 0 unspecified atom stereocenters. The second-order valence-electron chi connectivity index (χ2n) is 5.99. The van der Waals surface area contributed by atoms with Gasteiger partial charge in [-0.05, 0) is 35.9 Å². The molecule has 1 aliphatic heterocycles. The predicted molar refractivity (Wildman–Crippen MR) is 92.8 cm³/mol. The van der Waals surface area contributed by atoms with Crippen LogP contribution in [0.1, 0.15) is 23.6 Å². The average Bonchev–Trinajstić information content (AvgIpc) is 2.94. The van der Waals surface area contributed by atoms with Gasteiger partial charge in [0.15, 0.2) is 0 Å². The summed E-state index contributed by atoms with van der Waals surface area (Å²) in [7, 11) is 1.83. The fourth-order valence-electron chi connectivity index (χ4n) is 3.10. The molecular weight excluding hydrogens is 316 g/mol. The van der Waals surface area contributed by atoms with Crippen molar-refractivity contribution in [1.29, 1.82) is 5.26 Å². The van der Waals surface area contributed by atoms with Crippen molar-refractivity contribution in [1.82, 2.24) is 15.2 Å². The zero-order chi connectivity index (χ0) is 17.6. The molecule has 0 radical (unpaired) electrons. The highest BCUT2D eigenvalue weighted by Gasteiger charge is 2.38. The summed E-state index contributed by atoms with van der Waals surface area (Å²) in [6, 6.07) is 13.0. The van der Waals surface area contributed by atoms with Crippen molar-refractivity contribution < 1.29 is 9.53 Å². The highest BCUT2D eigenvalue weighted by atomic mass is 16.5. The van der Waals surface area contributed by atoms with E-state index < -0.39 is 0 Å². The highest BCUT2D eigenvalue weighted by Crippen LogP contribution is 2.31. The summed E-state index contributed by atoms with van der Waals surface area (Å²) >= 11 is 0. The first-order valence-corrected chi connectivity index (χ1v) is 8.21. The molecule has 1 aromatic heterocycles. The molecule has 1 aliphatic rings. The zero-order valence-corrected chi connectivity index (χ0v) is 14.1. The molecule has 3 rings (SSSR count). The number of rotatable bonds is 6. The number of amides is 1. The summed E-state index contributed by atoms with van der Waals surface area (Å²) < 4.78 is 5.68. The summed E-state index contributed by atoms with van der Waals surface area (Å²) in [4.78, 5) is 18.0. The van der Waals surface area contributed by atoms with E-state index in [-0.39, 0.29) is 18.0 Å². The first-order chi connectivity index (χ1) is 12.2. The number of likely N-dealkylation sites (tertiary alicyclic amines) is 1. The summed E-state index contributed by atoms with van der Waals surface area (Å²) in [5.41, 5.74) is 1.64. The Hall–Kier alpha value is -2.91. The summed E-state index contributed by atoms with van der Waals surface area (Å²) in [5.74, 6) is 0.851. The van der Waals surface area contributed by atoms with Crippen LogP contribution in [-0.2, 0) is 4.79 Å². The lowest BCUT2D eigenvalue weighted by Gasteiger charge is -2.25. The van der Waals surface area contributed by atoms with Crippen LogP contribution in [0.5, 0.6) is 5.75 Å². The van der Waals surface area contributed by atoms with E-state index in [2.05, 4.69) is 16.4 Å². The molecule has 1 saturated heterocycles. The van der Waals surface area contributed by atoms with Crippen molar-refractivity contribution in [2.75, 3.05) is 20.2 Å². The number of likely N-dealkylation sites (N-methyl/N-ethyl adjacent to an activating group) is 1. The monoisotopic (exact) mass is 336 g/mol. The minimum Gasteiger partial charge on any atom is -0.492 e. The Kier molecular flexibility index (Phi) is 5.26. The van der Waals surface area contributed by atoms with Gasteiger partial charge < -0.3 is 15.0 Å². The molecule has 1 aromatic carbocycles. The zero-order valence-electron chi connectivity index (χ0n) is 14.1. The minimum atomic E-state index is -0.0175. The van der Waals surface area contributed by atoms with Gasteiger partial charge in [0.2, 0.25) is 5.91 Å². The predicted octanol–water partition coefficient (Wildman–Crippen LogP) is 1.89. The molecule has 25 heavy (non-hydrogen) atoms. The Morgan fingerprint density at radius 1 is 1.36 bits per heavy atom. The number of carbonyl (C=O) groups is 1. The van der Waals surface area contributed by atoms with Gasteiger partial charge in [0.05, 0.1) is 17.7 Å². The molecule has 2 aromatic rings. The van der Waals surface area contributed by atoms with E-state index in [1.54, 1.807) is 35.4 Å². The molecule has 1 fully saturated rings. The van der Waals surface area contributed by atoms with Crippen LogP contribution in [0, 0.1) is 11.3 Å². The minimum absolute atomic E-state index is 0.0175. The fraction of sp³-hybridized carbons (Fsp3) is 0.316. The number of benzene rings is 1. The van der Waals surface area contributed by atoms with Crippen LogP contribution in [0.25, 0.3) is 0 Å². The summed E-state index contributed by atoms with van der Waals surface area (Å²) in [6.07, 6.45) is 4.00. The van der Waals surface area contributed by atoms with Crippen LogP contribution >= 0.6 is 0 Å². The third kappa shape index (κ3) is 3.95. The molecule has 0 bridgehead atoms. The third-order valence-electron chi connectivity index (χ3n) is 4.37. The second kappa shape index (κ2) is 7.77. The molecule has 0 saturated carbocycles. The SMILES string of the molecule is CN1C(=O)C[C@@H](NCCOc2ccc(C#N)cc2)[C@@H]1c1cccnc1. The van der Waals surface area contributed by atoms with E-state index in [0.717, 1.165) is 11.3 Å². The standard InChI is InChI=1S/C19H20N4O2/c1-23-18(24)11-17(19(23)15-3-2-8-21-13-15)22-9-10-25-16-6-4-14(12-20)5-7-16/h2-8,13,17,19,22H,9-11H2,1H3/t17-,19+/m1/s1. The van der Waals surface area contributed by atoms with Gasteiger partial charge in [-0.1, -0.05) is 6.07 Å². The number of nitrogens with one attached hydrogen (secondary N) is 1. The molecule has 6 heteroatoms. The number of carbonyl (C=O) groups excluding carboxylic acids is 1. The van der Waals surface area contributed by atoms with Gasteiger partial charge in [-0.3, -0.25) is 9.78 Å². The topological polar surface area (TPSA) is 78.3 Å². The number of nitrogens with zero attached hydrogens (tertiary/aromatic N) is 3. The van der Waals surface area contributed by atoms with Crippen LogP contribution in [0.2, 0.25) is 0 Å². The Morgan fingerprint density at radius 3 is 2.84 bits per heavy atom. The van der Waals surface area contributed by atoms with Crippen molar-refractivity contribution >= 4 is 5.91 Å². The van der Waals surface area contributed by atoms with Crippen molar-refractivity contribution in [3.05, 3.63) is 59.9 Å². The number of nitriles is 1. The molecule has 128 valence electrons. The van der Waals surface area contributed by atoms with Crippen molar-refractivity contribution in [2.45, 2.75) is 18.5 Å². The number of pyridine rings is 1. The van der Waals surface area contributed by atoms with E-state index in [1.807, 2.05) is 25.4 Å². The largest absolute Gasteiger partial charge is 0.492 e. The van der Waals surface area contributed by atoms with Gasteiger partial charge in [-0.2, -0.15) is 5.26 Å². The molecule has 0 aliphatic carbocycles. The maximum atomic E-state index is 12.1. The molecule has 0 spiro atoms. The van der Waals surface area contributed by atoms with Crippen LogP contribution in [-0.4, -0.2) is 42.0 Å². The lowest BCUT2D eigenvalue weighted by molar-refractivity contribution is -0.127. The maximum Gasteiger partial charge on any atom is 0.224 e. The Balaban J connectivity index is 1.54. The number of aromatic nitrogens is 1. The van der Waals surface area contributed by atoms with Crippen molar-refractivity contribution in [3.8, 4) is 11.8 Å². The Labute approximate surface area is 147 Å². The third-order valence-corrected chi connectivity index (χ3v) is 4.37.